The zero-order valence-electron chi connectivity index (χ0n) is 13.7. The van der Waals surface area contributed by atoms with Crippen molar-refractivity contribution in [2.24, 2.45) is 0 Å². The minimum Gasteiger partial charge on any atom is -0.337 e. The molecule has 5 heteroatoms. The summed E-state index contributed by atoms with van der Waals surface area (Å²) in [6.07, 6.45) is 3.56. The summed E-state index contributed by atoms with van der Waals surface area (Å²) in [5.74, 6) is 0.482. The fourth-order valence-electron chi connectivity index (χ4n) is 2.54. The van der Waals surface area contributed by atoms with Crippen molar-refractivity contribution in [1.82, 2.24) is 10.6 Å². The summed E-state index contributed by atoms with van der Waals surface area (Å²) in [5.41, 5.74) is 3.99. The minimum absolute atomic E-state index is 0.202. The lowest BCUT2D eigenvalue weighted by atomic mass is 10.1. The van der Waals surface area contributed by atoms with E-state index in [-0.39, 0.29) is 10.8 Å². The average molecular weight is 322 g/mol. The van der Waals surface area contributed by atoms with Gasteiger partial charge < -0.3 is 10.6 Å². The molecule has 1 atom stereocenters. The molecule has 1 aliphatic carbocycles. The van der Waals surface area contributed by atoms with Gasteiger partial charge >= 0.3 is 6.03 Å². The zero-order chi connectivity index (χ0) is 16.2. The number of carbonyl (C=O) groups is 1. The number of fused-ring (bicyclic) bond motifs is 1. The van der Waals surface area contributed by atoms with Crippen LogP contribution in [0, 0.1) is 0 Å². The van der Waals surface area contributed by atoms with Crippen LogP contribution in [0.2, 0.25) is 0 Å². The molecular weight excluding hydrogens is 296 g/mol. The first-order valence-corrected chi connectivity index (χ1v) is 9.19. The molecule has 4 nitrogen and oxygen atoms in total. The van der Waals surface area contributed by atoms with Crippen LogP contribution in [0.3, 0.4) is 0 Å². The lowest BCUT2D eigenvalue weighted by Crippen LogP contribution is -2.38. The largest absolute Gasteiger partial charge is 0.337 e. The molecule has 0 saturated heterocycles. The Morgan fingerprint density at radius 1 is 1.18 bits per heavy atom. The third-order valence-electron chi connectivity index (χ3n) is 3.87. The maximum atomic E-state index is 11.9. The van der Waals surface area contributed by atoms with Crippen molar-refractivity contribution in [2.75, 3.05) is 12.3 Å². The van der Waals surface area contributed by atoms with Gasteiger partial charge in [0.05, 0.1) is 0 Å². The number of urea groups is 1. The van der Waals surface area contributed by atoms with Gasteiger partial charge in [-0.15, -0.1) is 0 Å². The van der Waals surface area contributed by atoms with Crippen LogP contribution in [0.4, 0.5) is 4.79 Å². The summed E-state index contributed by atoms with van der Waals surface area (Å²) >= 11 is 0. The molecular formula is C17H26N2O2S. The first-order chi connectivity index (χ1) is 10.4. The Labute approximate surface area is 135 Å². The smallest absolute Gasteiger partial charge is 0.315 e. The van der Waals surface area contributed by atoms with Crippen LogP contribution in [-0.4, -0.2) is 27.3 Å². The van der Waals surface area contributed by atoms with Gasteiger partial charge in [0.15, 0.2) is 0 Å². The quantitative estimate of drug-likeness (QED) is 0.875. The molecule has 0 spiro atoms. The van der Waals surface area contributed by atoms with Crippen molar-refractivity contribution in [2.45, 2.75) is 51.3 Å². The third kappa shape index (κ3) is 4.83. The molecule has 0 fully saturated rings. The van der Waals surface area contributed by atoms with Crippen LogP contribution in [0.25, 0.3) is 0 Å². The van der Waals surface area contributed by atoms with Crippen molar-refractivity contribution in [3.8, 4) is 0 Å². The highest BCUT2D eigenvalue weighted by molar-refractivity contribution is 7.86. The molecule has 1 aliphatic rings. The number of hydrogen-bond acceptors (Lipinski definition) is 2. The van der Waals surface area contributed by atoms with Crippen molar-refractivity contribution in [1.29, 1.82) is 0 Å². The topological polar surface area (TPSA) is 58.2 Å². The Kier molecular flexibility index (Phi) is 5.62. The predicted octanol–water partition coefficient (Wildman–Crippen LogP) is 2.52. The normalized spacial score (nSPS) is 15.2. The number of rotatable bonds is 5. The van der Waals surface area contributed by atoms with Crippen molar-refractivity contribution in [3.63, 3.8) is 0 Å². The number of nitrogens with one attached hydrogen (secondary N) is 2. The fourth-order valence-corrected chi connectivity index (χ4v) is 3.44. The summed E-state index contributed by atoms with van der Waals surface area (Å²) in [6.45, 7) is 6.78. The average Bonchev–Trinajstić information content (AvgIpc) is 2.91. The van der Waals surface area contributed by atoms with Gasteiger partial charge in [0.2, 0.25) is 0 Å². The summed E-state index contributed by atoms with van der Waals surface area (Å²) in [6, 6.07) is 6.24. The Morgan fingerprint density at radius 2 is 1.91 bits per heavy atom. The van der Waals surface area contributed by atoms with E-state index >= 15 is 0 Å². The first-order valence-electron chi connectivity index (χ1n) is 7.87. The van der Waals surface area contributed by atoms with Crippen molar-refractivity contribution in [3.05, 3.63) is 34.9 Å². The Balaban J connectivity index is 1.71. The van der Waals surface area contributed by atoms with Crippen LogP contribution in [-0.2, 0) is 30.2 Å². The van der Waals surface area contributed by atoms with Gasteiger partial charge in [-0.05, 0) is 56.7 Å². The summed E-state index contributed by atoms with van der Waals surface area (Å²) in [5, 5.41) is 5.62. The Bertz CT molecular complexity index is 564. The van der Waals surface area contributed by atoms with Gasteiger partial charge in [0, 0.05) is 34.4 Å². The molecule has 0 radical (unpaired) electrons. The molecule has 1 aromatic carbocycles. The van der Waals surface area contributed by atoms with Crippen LogP contribution in [0.5, 0.6) is 0 Å². The van der Waals surface area contributed by atoms with E-state index in [0.29, 0.717) is 18.8 Å². The van der Waals surface area contributed by atoms with Crippen LogP contribution in [0.15, 0.2) is 18.2 Å². The molecule has 2 amide bonds. The molecule has 0 bridgehead atoms. The van der Waals surface area contributed by atoms with Crippen molar-refractivity contribution >= 4 is 16.8 Å². The number of amides is 2. The second kappa shape index (κ2) is 7.27. The van der Waals surface area contributed by atoms with E-state index in [1.165, 1.54) is 24.0 Å². The lowest BCUT2D eigenvalue weighted by Gasteiger charge is -2.17. The standard InChI is InChI=1S/C17H26N2O2S/c1-17(2,3)22(21)10-9-18-16(20)19-12-13-7-8-14-5-4-6-15(14)11-13/h7-8,11H,4-6,9-10,12H2,1-3H3,(H2,18,19,20)/t22-/m1/s1. The SMILES string of the molecule is CC(C)(C)[S@](=O)CCNC(=O)NCc1ccc2c(c1)CCC2. The fraction of sp³-hybridized carbons (Fsp3) is 0.588. The molecule has 0 aromatic heterocycles. The first kappa shape index (κ1) is 17.0. The van der Waals surface area contributed by atoms with Gasteiger partial charge in [-0.3, -0.25) is 4.21 Å². The molecule has 0 saturated carbocycles. The van der Waals surface area contributed by atoms with E-state index in [4.69, 9.17) is 0 Å². The van der Waals surface area contributed by atoms with Gasteiger partial charge in [0.1, 0.15) is 0 Å². The summed E-state index contributed by atoms with van der Waals surface area (Å²) in [4.78, 5) is 11.8. The monoisotopic (exact) mass is 322 g/mol. The highest BCUT2D eigenvalue weighted by Gasteiger charge is 2.18. The van der Waals surface area contributed by atoms with Crippen molar-refractivity contribution < 1.29 is 9.00 Å². The zero-order valence-corrected chi connectivity index (χ0v) is 14.5. The Hall–Kier alpha value is -1.36. The number of aryl methyl sites for hydroxylation is 2. The van der Waals surface area contributed by atoms with E-state index in [2.05, 4.69) is 28.8 Å². The van der Waals surface area contributed by atoms with Gasteiger partial charge in [-0.25, -0.2) is 4.79 Å². The van der Waals surface area contributed by atoms with Gasteiger partial charge in [-0.2, -0.15) is 0 Å². The summed E-state index contributed by atoms with van der Waals surface area (Å²) in [7, 11) is -0.936. The predicted molar refractivity (Wildman–Crippen MR) is 91.5 cm³/mol. The molecule has 0 aliphatic heterocycles. The van der Waals surface area contributed by atoms with Crippen LogP contribution >= 0.6 is 0 Å². The highest BCUT2D eigenvalue weighted by Crippen LogP contribution is 2.22. The third-order valence-corrected chi connectivity index (χ3v) is 5.81. The van der Waals surface area contributed by atoms with E-state index in [1.54, 1.807) is 0 Å². The van der Waals surface area contributed by atoms with E-state index in [0.717, 1.165) is 12.0 Å². The second-order valence-corrected chi connectivity index (χ2v) is 9.05. The lowest BCUT2D eigenvalue weighted by molar-refractivity contribution is 0.241. The maximum Gasteiger partial charge on any atom is 0.315 e. The highest BCUT2D eigenvalue weighted by atomic mass is 32.2. The van der Waals surface area contributed by atoms with E-state index in [9.17, 15) is 9.00 Å². The van der Waals surface area contributed by atoms with Crippen LogP contribution < -0.4 is 10.6 Å². The molecule has 1 aromatic rings. The number of benzene rings is 1. The van der Waals surface area contributed by atoms with E-state index in [1.807, 2.05) is 20.8 Å². The number of carbonyl (C=O) groups excluding carboxylic acids is 1. The Morgan fingerprint density at radius 3 is 2.64 bits per heavy atom. The maximum absolute atomic E-state index is 11.9. The van der Waals surface area contributed by atoms with E-state index < -0.39 is 10.8 Å². The second-order valence-electron chi connectivity index (χ2n) is 6.73. The summed E-state index contributed by atoms with van der Waals surface area (Å²) < 4.78 is 11.6. The number of hydrogen-bond donors (Lipinski definition) is 2. The van der Waals surface area contributed by atoms with Gasteiger partial charge in [-0.1, -0.05) is 18.2 Å². The molecule has 0 heterocycles. The molecule has 0 unspecified atom stereocenters. The molecule has 2 N–H and O–H groups in total. The minimum atomic E-state index is -0.936. The molecule has 2 rings (SSSR count). The van der Waals surface area contributed by atoms with Gasteiger partial charge in [0.25, 0.3) is 0 Å². The van der Waals surface area contributed by atoms with Crippen LogP contribution in [0.1, 0.15) is 43.9 Å². The molecule has 22 heavy (non-hydrogen) atoms. The molecule has 122 valence electrons.